The molecular weight excluding hydrogens is 258 g/mol. The van der Waals surface area contributed by atoms with Gasteiger partial charge in [0.05, 0.1) is 0 Å². The average Bonchev–Trinajstić information content (AvgIpc) is 2.42. The van der Waals surface area contributed by atoms with E-state index < -0.39 is 17.2 Å². The van der Waals surface area contributed by atoms with Crippen LogP contribution < -0.4 is 0 Å². The maximum atomic E-state index is 13.8. The second-order valence-electron chi connectivity index (χ2n) is 5.12. The van der Waals surface area contributed by atoms with Crippen LogP contribution in [0.2, 0.25) is 0 Å². The number of halogens is 2. The predicted molar refractivity (Wildman–Crippen MR) is 75.5 cm³/mol. The van der Waals surface area contributed by atoms with Crippen LogP contribution in [0.25, 0.3) is 0 Å². The van der Waals surface area contributed by atoms with Gasteiger partial charge in [-0.3, -0.25) is 0 Å². The van der Waals surface area contributed by atoms with Crippen LogP contribution in [0.5, 0.6) is 0 Å². The number of aryl methyl sites for hydroxylation is 1. The minimum Gasteiger partial charge on any atom is -0.381 e. The summed E-state index contributed by atoms with van der Waals surface area (Å²) in [6.07, 6.45) is 1.99. The van der Waals surface area contributed by atoms with E-state index in [2.05, 4.69) is 6.92 Å². The van der Waals surface area contributed by atoms with Gasteiger partial charge in [0, 0.05) is 5.56 Å². The molecule has 106 valence electrons. The van der Waals surface area contributed by atoms with Gasteiger partial charge in [-0.15, -0.1) is 0 Å². The van der Waals surface area contributed by atoms with Crippen molar-refractivity contribution in [1.29, 1.82) is 0 Å². The Kier molecular flexibility index (Phi) is 4.19. The van der Waals surface area contributed by atoms with Gasteiger partial charge in [-0.25, -0.2) is 8.78 Å². The number of hydrogen-bond acceptors (Lipinski definition) is 1. The van der Waals surface area contributed by atoms with Crippen molar-refractivity contribution in [2.24, 2.45) is 0 Å². The molecule has 2 aromatic rings. The Bertz CT molecular complexity index is 588. The molecule has 0 bridgehead atoms. The third-order valence-corrected chi connectivity index (χ3v) is 3.53. The number of benzene rings is 2. The molecule has 1 N–H and O–H groups in total. The van der Waals surface area contributed by atoms with E-state index in [1.165, 1.54) is 19.1 Å². The Morgan fingerprint density at radius 3 is 2.30 bits per heavy atom. The van der Waals surface area contributed by atoms with Crippen molar-refractivity contribution in [2.45, 2.75) is 32.3 Å². The van der Waals surface area contributed by atoms with E-state index in [4.69, 9.17) is 0 Å². The van der Waals surface area contributed by atoms with Crippen LogP contribution in [0.4, 0.5) is 8.78 Å². The van der Waals surface area contributed by atoms with Crippen molar-refractivity contribution >= 4 is 0 Å². The topological polar surface area (TPSA) is 20.2 Å². The van der Waals surface area contributed by atoms with Crippen molar-refractivity contribution in [2.75, 3.05) is 0 Å². The average molecular weight is 276 g/mol. The summed E-state index contributed by atoms with van der Waals surface area (Å²) in [5.41, 5.74) is 0.0890. The highest BCUT2D eigenvalue weighted by Crippen LogP contribution is 2.31. The number of hydrogen-bond donors (Lipinski definition) is 1. The van der Waals surface area contributed by atoms with Crippen LogP contribution in [0.15, 0.2) is 42.5 Å². The molecule has 0 heterocycles. The monoisotopic (exact) mass is 276 g/mol. The number of rotatable bonds is 4. The zero-order valence-corrected chi connectivity index (χ0v) is 11.7. The Balaban J connectivity index is 2.41. The Morgan fingerprint density at radius 2 is 1.70 bits per heavy atom. The molecule has 1 atom stereocenters. The third kappa shape index (κ3) is 2.73. The SMILES string of the molecule is CCCc1ccc(C(C)(O)c2cccc(F)c2F)cc1. The third-order valence-electron chi connectivity index (χ3n) is 3.53. The van der Waals surface area contributed by atoms with E-state index in [0.29, 0.717) is 5.56 Å². The number of aliphatic hydroxyl groups is 1. The first-order chi connectivity index (χ1) is 9.46. The second kappa shape index (κ2) is 5.71. The van der Waals surface area contributed by atoms with Gasteiger partial charge >= 0.3 is 0 Å². The van der Waals surface area contributed by atoms with Crippen LogP contribution in [0.1, 0.15) is 37.0 Å². The summed E-state index contributed by atoms with van der Waals surface area (Å²) in [5, 5.41) is 10.6. The van der Waals surface area contributed by atoms with E-state index in [1.54, 1.807) is 12.1 Å². The summed E-state index contributed by atoms with van der Waals surface area (Å²) < 4.78 is 27.2. The summed E-state index contributed by atoms with van der Waals surface area (Å²) in [6.45, 7) is 3.56. The van der Waals surface area contributed by atoms with Crippen molar-refractivity contribution in [3.63, 3.8) is 0 Å². The Hall–Kier alpha value is -1.74. The Labute approximate surface area is 117 Å². The molecule has 2 aromatic carbocycles. The lowest BCUT2D eigenvalue weighted by atomic mass is 9.87. The van der Waals surface area contributed by atoms with Gasteiger partial charge in [0.2, 0.25) is 0 Å². The van der Waals surface area contributed by atoms with E-state index in [9.17, 15) is 13.9 Å². The minimum absolute atomic E-state index is 0.0549. The summed E-state index contributed by atoms with van der Waals surface area (Å²) in [7, 11) is 0. The fourth-order valence-electron chi connectivity index (χ4n) is 2.32. The van der Waals surface area contributed by atoms with Crippen LogP contribution in [-0.2, 0) is 12.0 Å². The van der Waals surface area contributed by atoms with E-state index in [1.807, 2.05) is 12.1 Å². The highest BCUT2D eigenvalue weighted by molar-refractivity contribution is 5.37. The molecule has 0 radical (unpaired) electrons. The van der Waals surface area contributed by atoms with Gasteiger partial charge in [0.15, 0.2) is 11.6 Å². The summed E-state index contributed by atoms with van der Waals surface area (Å²) in [5.74, 6) is -1.96. The standard InChI is InChI=1S/C17H18F2O/c1-3-5-12-8-10-13(11-9-12)17(2,20)14-6-4-7-15(18)16(14)19/h4,6-11,20H,3,5H2,1-2H3. The smallest absolute Gasteiger partial charge is 0.165 e. The molecule has 0 aliphatic carbocycles. The van der Waals surface area contributed by atoms with E-state index in [0.717, 1.165) is 24.5 Å². The van der Waals surface area contributed by atoms with Gasteiger partial charge < -0.3 is 5.11 Å². The van der Waals surface area contributed by atoms with Crippen molar-refractivity contribution in [1.82, 2.24) is 0 Å². The van der Waals surface area contributed by atoms with Gasteiger partial charge in [0.1, 0.15) is 5.60 Å². The lowest BCUT2D eigenvalue weighted by Gasteiger charge is -2.25. The Morgan fingerprint density at radius 1 is 1.05 bits per heavy atom. The molecule has 0 saturated heterocycles. The largest absolute Gasteiger partial charge is 0.381 e. The molecular formula is C17H18F2O. The minimum atomic E-state index is -1.56. The first-order valence-corrected chi connectivity index (χ1v) is 6.73. The van der Waals surface area contributed by atoms with E-state index in [-0.39, 0.29) is 5.56 Å². The molecule has 1 unspecified atom stereocenters. The molecule has 0 fully saturated rings. The normalized spacial score (nSPS) is 14.1. The maximum Gasteiger partial charge on any atom is 0.165 e. The van der Waals surface area contributed by atoms with Crippen LogP contribution in [0.3, 0.4) is 0 Å². The summed E-state index contributed by atoms with van der Waals surface area (Å²) >= 11 is 0. The molecule has 3 heteroatoms. The molecule has 2 rings (SSSR count). The molecule has 0 spiro atoms. The highest BCUT2D eigenvalue weighted by Gasteiger charge is 2.29. The highest BCUT2D eigenvalue weighted by atomic mass is 19.2. The van der Waals surface area contributed by atoms with Crippen molar-refractivity contribution in [3.05, 3.63) is 70.8 Å². The summed E-state index contributed by atoms with van der Waals surface area (Å²) in [4.78, 5) is 0. The van der Waals surface area contributed by atoms with E-state index >= 15 is 0 Å². The first kappa shape index (κ1) is 14.7. The zero-order chi connectivity index (χ0) is 14.8. The molecule has 0 amide bonds. The quantitative estimate of drug-likeness (QED) is 0.888. The lowest BCUT2D eigenvalue weighted by Crippen LogP contribution is -2.24. The fraction of sp³-hybridized carbons (Fsp3) is 0.294. The lowest BCUT2D eigenvalue weighted by molar-refractivity contribution is 0.0970. The van der Waals surface area contributed by atoms with Crippen LogP contribution in [-0.4, -0.2) is 5.11 Å². The first-order valence-electron chi connectivity index (χ1n) is 6.73. The molecule has 20 heavy (non-hydrogen) atoms. The molecule has 1 nitrogen and oxygen atoms in total. The van der Waals surface area contributed by atoms with Crippen LogP contribution >= 0.6 is 0 Å². The zero-order valence-electron chi connectivity index (χ0n) is 11.7. The maximum absolute atomic E-state index is 13.8. The van der Waals surface area contributed by atoms with Gasteiger partial charge in [-0.2, -0.15) is 0 Å². The second-order valence-corrected chi connectivity index (χ2v) is 5.12. The van der Waals surface area contributed by atoms with Gasteiger partial charge in [-0.05, 0) is 30.5 Å². The molecule has 0 saturated carbocycles. The van der Waals surface area contributed by atoms with Gasteiger partial charge in [0.25, 0.3) is 0 Å². The summed E-state index contributed by atoms with van der Waals surface area (Å²) in [6, 6.07) is 11.2. The van der Waals surface area contributed by atoms with Crippen molar-refractivity contribution < 1.29 is 13.9 Å². The molecule has 0 aliphatic heterocycles. The fourth-order valence-corrected chi connectivity index (χ4v) is 2.32. The van der Waals surface area contributed by atoms with Crippen molar-refractivity contribution in [3.8, 4) is 0 Å². The van der Waals surface area contributed by atoms with Gasteiger partial charge in [-0.1, -0.05) is 49.7 Å². The van der Waals surface area contributed by atoms with Crippen LogP contribution in [0, 0.1) is 11.6 Å². The molecule has 0 aliphatic rings. The molecule has 0 aromatic heterocycles. The predicted octanol–water partition coefficient (Wildman–Crippen LogP) is 4.17.